The van der Waals surface area contributed by atoms with Crippen LogP contribution in [-0.2, 0) is 10.0 Å². The molecule has 21 heavy (non-hydrogen) atoms. The maximum absolute atomic E-state index is 12.2. The van der Waals surface area contributed by atoms with E-state index < -0.39 is 16.0 Å². The minimum atomic E-state index is -4.04. The first-order valence-electron chi connectivity index (χ1n) is 5.30. The van der Waals surface area contributed by atoms with E-state index in [4.69, 9.17) is 39.9 Å². The van der Waals surface area contributed by atoms with Gasteiger partial charge in [-0.3, -0.25) is 4.72 Å². The lowest BCUT2D eigenvalue weighted by Gasteiger charge is -2.10. The Kier molecular flexibility index (Phi) is 4.38. The molecule has 0 radical (unpaired) electrons. The van der Waals surface area contributed by atoms with Crippen molar-refractivity contribution < 1.29 is 18.3 Å². The van der Waals surface area contributed by atoms with Crippen molar-refractivity contribution in [1.29, 1.82) is 0 Å². The van der Waals surface area contributed by atoms with Crippen molar-refractivity contribution in [2.75, 3.05) is 4.72 Å². The molecule has 2 aromatic rings. The molecule has 2 rings (SSSR count). The van der Waals surface area contributed by atoms with Crippen molar-refractivity contribution in [3.8, 4) is 0 Å². The Balaban J connectivity index is 2.40. The number of anilines is 1. The second-order valence-electron chi connectivity index (χ2n) is 3.90. The van der Waals surface area contributed by atoms with Gasteiger partial charge in [-0.25, -0.2) is 13.2 Å². The van der Waals surface area contributed by atoms with Gasteiger partial charge in [-0.05, 0) is 18.2 Å². The van der Waals surface area contributed by atoms with Crippen molar-refractivity contribution in [2.45, 2.75) is 4.90 Å². The summed E-state index contributed by atoms with van der Waals surface area (Å²) in [6, 6.07) is 3.63. The van der Waals surface area contributed by atoms with Crippen molar-refractivity contribution in [1.82, 2.24) is 4.98 Å². The number of sulfonamides is 1. The van der Waals surface area contributed by atoms with Crippen molar-refractivity contribution >= 4 is 56.5 Å². The number of rotatable bonds is 4. The number of halogens is 3. The standard InChI is InChI=1S/C11H7Cl3N2O4S/c12-5-1-7(13)10(8(14)2-5)16-21(19,20)6-3-9(11(17)18)15-4-6/h1-4,15-16H,(H,17,18). The van der Waals surface area contributed by atoms with Gasteiger partial charge in [0.05, 0.1) is 15.7 Å². The maximum atomic E-state index is 12.2. The number of nitrogens with one attached hydrogen (secondary N) is 2. The van der Waals surface area contributed by atoms with Gasteiger partial charge in [0.15, 0.2) is 0 Å². The molecule has 112 valence electrons. The van der Waals surface area contributed by atoms with Crippen molar-refractivity contribution in [3.63, 3.8) is 0 Å². The number of H-pyrrole nitrogens is 1. The predicted molar refractivity (Wildman–Crippen MR) is 80.0 cm³/mol. The first-order chi connectivity index (χ1) is 9.70. The molecule has 1 aromatic carbocycles. The largest absolute Gasteiger partial charge is 0.477 e. The highest BCUT2D eigenvalue weighted by molar-refractivity contribution is 7.92. The van der Waals surface area contributed by atoms with Gasteiger partial charge in [0, 0.05) is 11.2 Å². The number of benzene rings is 1. The molecule has 0 saturated heterocycles. The summed E-state index contributed by atoms with van der Waals surface area (Å²) < 4.78 is 26.5. The van der Waals surface area contributed by atoms with E-state index in [1.807, 2.05) is 0 Å². The van der Waals surface area contributed by atoms with Crippen LogP contribution in [-0.4, -0.2) is 24.5 Å². The Labute approximate surface area is 134 Å². The molecule has 3 N–H and O–H groups in total. The van der Waals surface area contributed by atoms with Crippen molar-refractivity contribution in [3.05, 3.63) is 45.2 Å². The van der Waals surface area contributed by atoms with Crippen LogP contribution in [0.15, 0.2) is 29.3 Å². The minimum Gasteiger partial charge on any atom is -0.477 e. The smallest absolute Gasteiger partial charge is 0.352 e. The summed E-state index contributed by atoms with van der Waals surface area (Å²) in [4.78, 5) is 12.8. The summed E-state index contributed by atoms with van der Waals surface area (Å²) in [5.74, 6) is -1.28. The number of hydrogen-bond donors (Lipinski definition) is 3. The number of aromatic nitrogens is 1. The molecule has 0 bridgehead atoms. The third kappa shape index (κ3) is 3.44. The van der Waals surface area contributed by atoms with Crippen molar-refractivity contribution in [2.24, 2.45) is 0 Å². The number of aromatic carboxylic acids is 1. The molecule has 0 spiro atoms. The summed E-state index contributed by atoms with van der Waals surface area (Å²) >= 11 is 17.5. The summed E-state index contributed by atoms with van der Waals surface area (Å²) in [6.45, 7) is 0. The molecule has 1 heterocycles. The Morgan fingerprint density at radius 3 is 2.19 bits per heavy atom. The summed E-state index contributed by atoms with van der Waals surface area (Å²) in [7, 11) is -4.04. The van der Waals surface area contributed by atoms with E-state index in [2.05, 4.69) is 9.71 Å². The molecule has 1 aromatic heterocycles. The second kappa shape index (κ2) is 5.76. The fraction of sp³-hybridized carbons (Fsp3) is 0. The highest BCUT2D eigenvalue weighted by Crippen LogP contribution is 2.35. The average Bonchev–Trinajstić information content (AvgIpc) is 2.84. The Morgan fingerprint density at radius 2 is 1.71 bits per heavy atom. The zero-order valence-corrected chi connectivity index (χ0v) is 13.1. The van der Waals surface area contributed by atoms with E-state index >= 15 is 0 Å². The summed E-state index contributed by atoms with van der Waals surface area (Å²) in [5.41, 5.74) is -0.301. The van der Waals surface area contributed by atoms with Crippen LogP contribution in [0, 0.1) is 0 Å². The van der Waals surface area contributed by atoms with Gasteiger partial charge >= 0.3 is 5.97 Å². The molecule has 0 aliphatic heterocycles. The van der Waals surface area contributed by atoms with E-state index in [1.54, 1.807) is 0 Å². The van der Waals surface area contributed by atoms with E-state index in [0.717, 1.165) is 12.3 Å². The average molecular weight is 370 g/mol. The first kappa shape index (κ1) is 16.0. The molecule has 0 amide bonds. The SMILES string of the molecule is O=C(O)c1cc(S(=O)(=O)Nc2c(Cl)cc(Cl)cc2Cl)c[nH]1. The normalized spacial score (nSPS) is 11.4. The van der Waals surface area contributed by atoms with Gasteiger partial charge in [0.2, 0.25) is 0 Å². The summed E-state index contributed by atoms with van der Waals surface area (Å²) in [6.07, 6.45) is 1.05. The van der Waals surface area contributed by atoms with Crippen LogP contribution in [0.5, 0.6) is 0 Å². The van der Waals surface area contributed by atoms with Gasteiger partial charge in [-0.15, -0.1) is 0 Å². The number of aromatic amines is 1. The lowest BCUT2D eigenvalue weighted by atomic mass is 10.3. The fourth-order valence-corrected chi connectivity index (χ4v) is 3.60. The zero-order chi connectivity index (χ0) is 15.8. The fourth-order valence-electron chi connectivity index (χ4n) is 1.49. The number of carboxylic acids is 1. The molecular formula is C11H7Cl3N2O4S. The van der Waals surface area contributed by atoms with Crippen LogP contribution < -0.4 is 4.72 Å². The van der Waals surface area contributed by atoms with E-state index in [-0.39, 0.29) is 31.3 Å². The van der Waals surface area contributed by atoms with Gasteiger partial charge in [-0.2, -0.15) is 0 Å². The van der Waals surface area contributed by atoms with Crippen LogP contribution in [0.1, 0.15) is 10.5 Å². The van der Waals surface area contributed by atoms with E-state index in [0.29, 0.717) is 0 Å². The summed E-state index contributed by atoms with van der Waals surface area (Å²) in [5, 5.41) is 9.06. The zero-order valence-electron chi connectivity index (χ0n) is 10.0. The maximum Gasteiger partial charge on any atom is 0.352 e. The van der Waals surface area contributed by atoms with Crippen LogP contribution in [0.3, 0.4) is 0 Å². The van der Waals surface area contributed by atoms with Gasteiger partial charge in [0.25, 0.3) is 10.0 Å². The Bertz CT molecular complexity index is 794. The Morgan fingerprint density at radius 1 is 1.14 bits per heavy atom. The number of carbonyl (C=O) groups is 1. The molecule has 0 fully saturated rings. The number of carboxylic acid groups (broad SMARTS) is 1. The molecule has 0 atom stereocenters. The number of hydrogen-bond acceptors (Lipinski definition) is 3. The van der Waals surface area contributed by atoms with Crippen LogP contribution >= 0.6 is 34.8 Å². The lowest BCUT2D eigenvalue weighted by molar-refractivity contribution is 0.0691. The van der Waals surface area contributed by atoms with Crippen LogP contribution in [0.4, 0.5) is 5.69 Å². The lowest BCUT2D eigenvalue weighted by Crippen LogP contribution is -2.13. The van der Waals surface area contributed by atoms with Crippen LogP contribution in [0.25, 0.3) is 0 Å². The molecular weight excluding hydrogens is 363 g/mol. The molecule has 0 saturated carbocycles. The third-order valence-corrected chi connectivity index (χ3v) is 4.58. The predicted octanol–water partition coefficient (Wildman–Crippen LogP) is 3.47. The van der Waals surface area contributed by atoms with Gasteiger partial charge in [0.1, 0.15) is 10.6 Å². The van der Waals surface area contributed by atoms with E-state index in [1.165, 1.54) is 12.1 Å². The molecule has 0 unspecified atom stereocenters. The molecule has 0 aliphatic carbocycles. The molecule has 0 aliphatic rings. The molecule has 6 nitrogen and oxygen atoms in total. The second-order valence-corrected chi connectivity index (χ2v) is 6.84. The van der Waals surface area contributed by atoms with Crippen LogP contribution in [0.2, 0.25) is 15.1 Å². The minimum absolute atomic E-state index is 0.0186. The van der Waals surface area contributed by atoms with Gasteiger partial charge < -0.3 is 10.1 Å². The molecule has 10 heteroatoms. The third-order valence-electron chi connectivity index (χ3n) is 2.44. The van der Waals surface area contributed by atoms with E-state index in [9.17, 15) is 13.2 Å². The highest BCUT2D eigenvalue weighted by atomic mass is 35.5. The van der Waals surface area contributed by atoms with Gasteiger partial charge in [-0.1, -0.05) is 34.8 Å². The first-order valence-corrected chi connectivity index (χ1v) is 7.91. The quantitative estimate of drug-likeness (QED) is 0.768. The topological polar surface area (TPSA) is 99.3 Å². The Hall–Kier alpha value is -1.41. The highest BCUT2D eigenvalue weighted by Gasteiger charge is 2.21. The monoisotopic (exact) mass is 368 g/mol.